The molecule has 8 nitrogen and oxygen atoms in total. The Morgan fingerprint density at radius 3 is 2.73 bits per heavy atom. The Balaban J connectivity index is 1.44. The number of hydrogen-bond acceptors (Lipinski definition) is 6. The molecule has 0 radical (unpaired) electrons. The van der Waals surface area contributed by atoms with E-state index in [0.717, 1.165) is 17.7 Å². The second-order valence-corrected chi connectivity index (χ2v) is 9.60. The molecule has 0 saturated carbocycles. The number of aromatic amines is 1. The summed E-state index contributed by atoms with van der Waals surface area (Å²) in [5, 5.41) is 0. The van der Waals surface area contributed by atoms with Gasteiger partial charge in [0.05, 0.1) is 29.7 Å². The molecule has 30 heavy (non-hydrogen) atoms. The highest BCUT2D eigenvalue weighted by atomic mass is 32.2. The molecule has 158 valence electrons. The highest BCUT2D eigenvalue weighted by Crippen LogP contribution is 2.46. The van der Waals surface area contributed by atoms with Gasteiger partial charge >= 0.3 is 5.76 Å². The second kappa shape index (κ2) is 6.97. The van der Waals surface area contributed by atoms with Gasteiger partial charge < -0.3 is 13.9 Å². The third-order valence-corrected chi connectivity index (χ3v) is 7.99. The van der Waals surface area contributed by atoms with Crippen molar-refractivity contribution in [3.05, 3.63) is 58.1 Å². The number of ether oxygens (including phenoxy) is 2. The third-order valence-electron chi connectivity index (χ3n) is 6.10. The summed E-state index contributed by atoms with van der Waals surface area (Å²) >= 11 is 0. The van der Waals surface area contributed by atoms with Crippen LogP contribution in [0.15, 0.2) is 50.5 Å². The molecule has 1 spiro atoms. The monoisotopic (exact) mass is 430 g/mol. The van der Waals surface area contributed by atoms with Crippen LogP contribution >= 0.6 is 0 Å². The molecule has 0 bridgehead atoms. The van der Waals surface area contributed by atoms with Gasteiger partial charge in [-0.05, 0) is 49.1 Å². The number of aromatic nitrogens is 1. The zero-order valence-electron chi connectivity index (χ0n) is 16.5. The fraction of sp³-hybridized carbons (Fsp3) is 0.381. The van der Waals surface area contributed by atoms with Crippen LogP contribution in [0.25, 0.3) is 11.1 Å². The standard InChI is InChI=1S/C21H22N2O6S/c1-27-18-4-2-3-14-7-12-28-21(19(14)18)8-10-23(11-9-21)30(25,26)15-5-6-17-16(13-15)22-20(24)29-17/h2-6,13H,7-12H2,1H3,(H,22,24). The predicted octanol–water partition coefficient (Wildman–Crippen LogP) is 2.38. The topological polar surface area (TPSA) is 102 Å². The number of fused-ring (bicyclic) bond motifs is 3. The molecule has 2 aliphatic rings. The quantitative estimate of drug-likeness (QED) is 0.685. The molecule has 9 heteroatoms. The van der Waals surface area contributed by atoms with Crippen molar-refractivity contribution in [2.24, 2.45) is 0 Å². The van der Waals surface area contributed by atoms with Crippen molar-refractivity contribution in [3.63, 3.8) is 0 Å². The average Bonchev–Trinajstić information content (AvgIpc) is 3.13. The maximum atomic E-state index is 13.2. The molecule has 3 aromatic rings. The van der Waals surface area contributed by atoms with E-state index in [4.69, 9.17) is 13.9 Å². The molecule has 0 unspecified atom stereocenters. The molecule has 1 fully saturated rings. The van der Waals surface area contributed by atoms with Crippen LogP contribution in [0.1, 0.15) is 24.0 Å². The Morgan fingerprint density at radius 1 is 1.17 bits per heavy atom. The summed E-state index contributed by atoms with van der Waals surface area (Å²) in [6.07, 6.45) is 1.91. The molecule has 2 aromatic carbocycles. The van der Waals surface area contributed by atoms with Gasteiger partial charge in [-0.2, -0.15) is 4.31 Å². The maximum Gasteiger partial charge on any atom is 0.417 e. The molecule has 0 amide bonds. The van der Waals surface area contributed by atoms with Crippen molar-refractivity contribution in [1.82, 2.24) is 9.29 Å². The first-order valence-corrected chi connectivity index (χ1v) is 11.3. The lowest BCUT2D eigenvalue weighted by Gasteiger charge is -2.45. The number of H-pyrrole nitrogens is 1. The van der Waals surface area contributed by atoms with Crippen molar-refractivity contribution >= 4 is 21.1 Å². The summed E-state index contributed by atoms with van der Waals surface area (Å²) in [6.45, 7) is 1.27. The van der Waals surface area contributed by atoms with Gasteiger partial charge in [0.15, 0.2) is 5.58 Å². The van der Waals surface area contributed by atoms with E-state index < -0.39 is 21.4 Å². The zero-order valence-corrected chi connectivity index (χ0v) is 17.3. The third kappa shape index (κ3) is 2.96. The lowest BCUT2D eigenvalue weighted by Crippen LogP contribution is -2.48. The highest BCUT2D eigenvalue weighted by Gasteiger charge is 2.45. The molecule has 1 aromatic heterocycles. The molecule has 5 rings (SSSR count). The van der Waals surface area contributed by atoms with E-state index in [1.165, 1.54) is 28.1 Å². The van der Waals surface area contributed by atoms with Crippen molar-refractivity contribution in [1.29, 1.82) is 0 Å². The number of benzene rings is 2. The zero-order chi connectivity index (χ0) is 20.9. The van der Waals surface area contributed by atoms with Gasteiger partial charge in [-0.3, -0.25) is 4.98 Å². The normalized spacial score (nSPS) is 19.1. The average molecular weight is 430 g/mol. The van der Waals surface area contributed by atoms with Crippen LogP contribution in [0.2, 0.25) is 0 Å². The van der Waals surface area contributed by atoms with E-state index in [1.54, 1.807) is 7.11 Å². The van der Waals surface area contributed by atoms with Crippen LogP contribution < -0.4 is 10.5 Å². The molecular weight excluding hydrogens is 408 g/mol. The van der Waals surface area contributed by atoms with Crippen molar-refractivity contribution in [3.8, 4) is 5.75 Å². The van der Waals surface area contributed by atoms with E-state index >= 15 is 0 Å². The van der Waals surface area contributed by atoms with Crippen LogP contribution in [-0.2, 0) is 26.8 Å². The molecular formula is C21H22N2O6S. The predicted molar refractivity (Wildman–Crippen MR) is 109 cm³/mol. The fourth-order valence-corrected chi connectivity index (χ4v) is 6.09. The van der Waals surface area contributed by atoms with E-state index in [-0.39, 0.29) is 4.90 Å². The minimum absolute atomic E-state index is 0.130. The molecule has 0 atom stereocenters. The van der Waals surface area contributed by atoms with Crippen LogP contribution in [0.3, 0.4) is 0 Å². The summed E-state index contributed by atoms with van der Waals surface area (Å²) < 4.78 is 44.7. The molecule has 1 saturated heterocycles. The summed E-state index contributed by atoms with van der Waals surface area (Å²) in [6, 6.07) is 10.4. The van der Waals surface area contributed by atoms with Gasteiger partial charge in [0.25, 0.3) is 0 Å². The molecule has 3 heterocycles. The first-order valence-electron chi connectivity index (χ1n) is 9.86. The fourth-order valence-electron chi connectivity index (χ4n) is 4.62. The number of methoxy groups -OCH3 is 1. The Morgan fingerprint density at radius 2 is 1.97 bits per heavy atom. The Bertz CT molecular complexity index is 1250. The Kier molecular flexibility index (Phi) is 4.49. The van der Waals surface area contributed by atoms with Gasteiger partial charge in [-0.1, -0.05) is 12.1 Å². The largest absolute Gasteiger partial charge is 0.496 e. The van der Waals surface area contributed by atoms with Crippen molar-refractivity contribution in [2.45, 2.75) is 29.8 Å². The molecule has 0 aliphatic carbocycles. The van der Waals surface area contributed by atoms with E-state index in [2.05, 4.69) is 11.1 Å². The highest BCUT2D eigenvalue weighted by molar-refractivity contribution is 7.89. The SMILES string of the molecule is COc1cccc2c1C1(CCN(S(=O)(=O)c3ccc4oc(=O)[nH]c4c3)CC1)OCC2. The van der Waals surface area contributed by atoms with Gasteiger partial charge in [0.1, 0.15) is 5.75 Å². The number of rotatable bonds is 3. The summed E-state index contributed by atoms with van der Waals surface area (Å²) in [7, 11) is -2.06. The number of hydrogen-bond donors (Lipinski definition) is 1. The van der Waals surface area contributed by atoms with Gasteiger partial charge in [-0.15, -0.1) is 0 Å². The second-order valence-electron chi connectivity index (χ2n) is 7.66. The Hall–Kier alpha value is -2.62. The smallest absolute Gasteiger partial charge is 0.417 e. The van der Waals surface area contributed by atoms with Crippen molar-refractivity contribution in [2.75, 3.05) is 26.8 Å². The minimum Gasteiger partial charge on any atom is -0.496 e. The lowest BCUT2D eigenvalue weighted by atomic mass is 9.79. The van der Waals surface area contributed by atoms with Crippen LogP contribution in [0, 0.1) is 0 Å². The van der Waals surface area contributed by atoms with Crippen LogP contribution in [0.4, 0.5) is 0 Å². The van der Waals surface area contributed by atoms with E-state index in [9.17, 15) is 13.2 Å². The van der Waals surface area contributed by atoms with Crippen LogP contribution in [-0.4, -0.2) is 44.5 Å². The molecule has 2 aliphatic heterocycles. The number of nitrogens with one attached hydrogen (secondary N) is 1. The van der Waals surface area contributed by atoms with Gasteiger partial charge in [0, 0.05) is 18.7 Å². The number of piperidine rings is 1. The van der Waals surface area contributed by atoms with Gasteiger partial charge in [0.2, 0.25) is 10.0 Å². The first-order chi connectivity index (χ1) is 14.4. The summed E-state index contributed by atoms with van der Waals surface area (Å²) in [4.78, 5) is 14.0. The Labute approximate surface area is 173 Å². The minimum atomic E-state index is -3.71. The summed E-state index contributed by atoms with van der Waals surface area (Å²) in [5.41, 5.74) is 2.41. The molecule has 1 N–H and O–H groups in total. The summed E-state index contributed by atoms with van der Waals surface area (Å²) in [5.74, 6) is 0.180. The number of oxazole rings is 1. The van der Waals surface area contributed by atoms with E-state index in [0.29, 0.717) is 43.6 Å². The van der Waals surface area contributed by atoms with Crippen molar-refractivity contribution < 1.29 is 22.3 Å². The first kappa shape index (κ1) is 19.3. The van der Waals surface area contributed by atoms with E-state index in [1.807, 2.05) is 12.1 Å². The number of nitrogens with zero attached hydrogens (tertiary/aromatic N) is 1. The van der Waals surface area contributed by atoms with Gasteiger partial charge in [-0.25, -0.2) is 13.2 Å². The van der Waals surface area contributed by atoms with Crippen LogP contribution in [0.5, 0.6) is 5.75 Å². The lowest BCUT2D eigenvalue weighted by molar-refractivity contribution is -0.0904. The maximum absolute atomic E-state index is 13.2. The number of sulfonamides is 1.